The van der Waals surface area contributed by atoms with Crippen LogP contribution >= 0.6 is 11.6 Å². The van der Waals surface area contributed by atoms with E-state index in [2.05, 4.69) is 33.4 Å². The van der Waals surface area contributed by atoms with Crippen molar-refractivity contribution in [2.75, 3.05) is 5.32 Å². The van der Waals surface area contributed by atoms with Gasteiger partial charge in [0.1, 0.15) is 23.2 Å². The SMILES string of the molecule is CCc1ccccc1Nc1ncnc2onc(-c3ccc(Cl)cc3)c12. The molecule has 0 saturated carbocycles. The normalized spacial score (nSPS) is 11.0. The van der Waals surface area contributed by atoms with E-state index in [0.717, 1.165) is 23.1 Å². The van der Waals surface area contributed by atoms with E-state index in [9.17, 15) is 0 Å². The van der Waals surface area contributed by atoms with Gasteiger partial charge in [0, 0.05) is 16.3 Å². The van der Waals surface area contributed by atoms with Crippen molar-refractivity contribution in [2.45, 2.75) is 13.3 Å². The number of benzene rings is 2. The lowest BCUT2D eigenvalue weighted by Crippen LogP contribution is -1.98. The Morgan fingerprint density at radius 2 is 1.84 bits per heavy atom. The second-order valence-corrected chi connectivity index (χ2v) is 6.01. The van der Waals surface area contributed by atoms with Gasteiger partial charge in [-0.05, 0) is 30.2 Å². The molecule has 2 heterocycles. The summed E-state index contributed by atoms with van der Waals surface area (Å²) >= 11 is 5.98. The molecule has 4 rings (SSSR count). The van der Waals surface area contributed by atoms with Gasteiger partial charge in [0.25, 0.3) is 5.71 Å². The van der Waals surface area contributed by atoms with Crippen LogP contribution in [0.15, 0.2) is 59.4 Å². The van der Waals surface area contributed by atoms with E-state index in [-0.39, 0.29) is 0 Å². The summed E-state index contributed by atoms with van der Waals surface area (Å²) in [6.07, 6.45) is 2.39. The van der Waals surface area contributed by atoms with Gasteiger partial charge in [-0.1, -0.05) is 54.0 Å². The van der Waals surface area contributed by atoms with Crippen LogP contribution in [0.3, 0.4) is 0 Å². The number of nitrogens with one attached hydrogen (secondary N) is 1. The number of aryl methyl sites for hydroxylation is 1. The van der Waals surface area contributed by atoms with E-state index >= 15 is 0 Å². The van der Waals surface area contributed by atoms with E-state index < -0.39 is 0 Å². The highest BCUT2D eigenvalue weighted by molar-refractivity contribution is 6.30. The monoisotopic (exact) mass is 350 g/mol. The number of anilines is 2. The average molecular weight is 351 g/mol. The van der Waals surface area contributed by atoms with Crippen molar-refractivity contribution < 1.29 is 4.52 Å². The van der Waals surface area contributed by atoms with Crippen molar-refractivity contribution in [1.82, 2.24) is 15.1 Å². The molecule has 5 nitrogen and oxygen atoms in total. The molecule has 0 bridgehead atoms. The van der Waals surface area contributed by atoms with Crippen LogP contribution < -0.4 is 5.32 Å². The van der Waals surface area contributed by atoms with E-state index in [1.54, 1.807) is 0 Å². The van der Waals surface area contributed by atoms with Crippen LogP contribution in [0.1, 0.15) is 12.5 Å². The van der Waals surface area contributed by atoms with Crippen LogP contribution in [0.25, 0.3) is 22.4 Å². The van der Waals surface area contributed by atoms with E-state index in [0.29, 0.717) is 22.2 Å². The Morgan fingerprint density at radius 1 is 1.04 bits per heavy atom. The molecule has 6 heteroatoms. The summed E-state index contributed by atoms with van der Waals surface area (Å²) in [6.45, 7) is 2.12. The number of fused-ring (bicyclic) bond motifs is 1. The van der Waals surface area contributed by atoms with Crippen LogP contribution in [0, 0.1) is 0 Å². The Bertz CT molecular complexity index is 1030. The maximum Gasteiger partial charge on any atom is 0.263 e. The van der Waals surface area contributed by atoms with E-state index in [4.69, 9.17) is 16.1 Å². The Labute approximate surface area is 149 Å². The highest BCUT2D eigenvalue weighted by Crippen LogP contribution is 2.33. The van der Waals surface area contributed by atoms with Crippen molar-refractivity contribution in [3.63, 3.8) is 0 Å². The predicted octanol–water partition coefficient (Wildman–Crippen LogP) is 5.24. The van der Waals surface area contributed by atoms with Gasteiger partial charge in [-0.3, -0.25) is 0 Å². The van der Waals surface area contributed by atoms with Crippen LogP contribution in [-0.2, 0) is 6.42 Å². The maximum atomic E-state index is 5.98. The molecular formula is C19H15ClN4O. The van der Waals surface area contributed by atoms with Crippen LogP contribution in [0.4, 0.5) is 11.5 Å². The minimum absolute atomic E-state index is 0.441. The summed E-state index contributed by atoms with van der Waals surface area (Å²) < 4.78 is 5.39. The fourth-order valence-corrected chi connectivity index (χ4v) is 2.89. The van der Waals surface area contributed by atoms with Crippen LogP contribution in [0.2, 0.25) is 5.02 Å². The molecule has 0 atom stereocenters. The zero-order valence-corrected chi connectivity index (χ0v) is 14.3. The summed E-state index contributed by atoms with van der Waals surface area (Å²) in [5, 5.41) is 8.99. The van der Waals surface area contributed by atoms with E-state index in [1.165, 1.54) is 11.9 Å². The molecule has 0 spiro atoms. The van der Waals surface area contributed by atoms with Gasteiger partial charge in [0.2, 0.25) is 0 Å². The van der Waals surface area contributed by atoms with Crippen LogP contribution in [-0.4, -0.2) is 15.1 Å². The fourth-order valence-electron chi connectivity index (χ4n) is 2.76. The Balaban J connectivity index is 1.84. The standard InChI is InChI=1S/C19H15ClN4O/c1-2-12-5-3-4-6-15(12)23-18-16-17(13-7-9-14(20)10-8-13)24-25-19(16)22-11-21-18/h3-11H,2H2,1H3,(H,21,22,23). The molecule has 1 N–H and O–H groups in total. The Morgan fingerprint density at radius 3 is 2.64 bits per heavy atom. The molecule has 0 aliphatic carbocycles. The van der Waals surface area contributed by atoms with Gasteiger partial charge < -0.3 is 9.84 Å². The second-order valence-electron chi connectivity index (χ2n) is 5.58. The van der Waals surface area contributed by atoms with Crippen molar-refractivity contribution >= 4 is 34.2 Å². The lowest BCUT2D eigenvalue weighted by molar-refractivity contribution is 0.451. The number of rotatable bonds is 4. The predicted molar refractivity (Wildman–Crippen MR) is 99.1 cm³/mol. The highest BCUT2D eigenvalue weighted by atomic mass is 35.5. The molecule has 25 heavy (non-hydrogen) atoms. The number of para-hydroxylation sites is 1. The average Bonchev–Trinajstić information content (AvgIpc) is 3.08. The first-order valence-electron chi connectivity index (χ1n) is 7.97. The third kappa shape index (κ3) is 2.94. The van der Waals surface area contributed by atoms with Crippen LogP contribution in [0.5, 0.6) is 0 Å². The lowest BCUT2D eigenvalue weighted by Gasteiger charge is -2.10. The summed E-state index contributed by atoms with van der Waals surface area (Å²) in [7, 11) is 0. The van der Waals surface area contributed by atoms with E-state index in [1.807, 2.05) is 42.5 Å². The molecule has 0 amide bonds. The number of aromatic nitrogens is 3. The van der Waals surface area contributed by atoms with Gasteiger partial charge in [0.15, 0.2) is 0 Å². The van der Waals surface area contributed by atoms with Gasteiger partial charge in [-0.15, -0.1) is 0 Å². The van der Waals surface area contributed by atoms with Gasteiger partial charge in [0.05, 0.1) is 0 Å². The third-order valence-corrected chi connectivity index (χ3v) is 4.29. The minimum atomic E-state index is 0.441. The second kappa shape index (κ2) is 6.53. The highest BCUT2D eigenvalue weighted by Gasteiger charge is 2.17. The molecule has 0 aliphatic heterocycles. The van der Waals surface area contributed by atoms with Gasteiger partial charge in [-0.25, -0.2) is 4.98 Å². The molecular weight excluding hydrogens is 336 g/mol. The zero-order valence-electron chi connectivity index (χ0n) is 13.5. The molecule has 4 aromatic rings. The molecule has 0 saturated heterocycles. The molecule has 124 valence electrons. The topological polar surface area (TPSA) is 63.8 Å². The zero-order chi connectivity index (χ0) is 17.2. The summed E-state index contributed by atoms with van der Waals surface area (Å²) in [5.41, 5.74) is 4.23. The first kappa shape index (κ1) is 15.6. The molecule has 0 radical (unpaired) electrons. The summed E-state index contributed by atoms with van der Waals surface area (Å²) in [4.78, 5) is 8.59. The lowest BCUT2D eigenvalue weighted by atomic mass is 10.1. The van der Waals surface area contributed by atoms with Crippen molar-refractivity contribution in [2.24, 2.45) is 0 Å². The number of nitrogens with zero attached hydrogens (tertiary/aromatic N) is 3. The number of hydrogen-bond acceptors (Lipinski definition) is 5. The van der Waals surface area contributed by atoms with Gasteiger partial charge in [-0.2, -0.15) is 4.98 Å². The first-order valence-corrected chi connectivity index (χ1v) is 8.35. The molecule has 2 aromatic carbocycles. The first-order chi connectivity index (χ1) is 12.3. The minimum Gasteiger partial charge on any atom is -0.339 e. The Kier molecular flexibility index (Phi) is 4.07. The molecule has 0 aliphatic rings. The number of hydrogen-bond donors (Lipinski definition) is 1. The Hall–Kier alpha value is -2.92. The smallest absolute Gasteiger partial charge is 0.263 e. The van der Waals surface area contributed by atoms with Crippen molar-refractivity contribution in [3.05, 3.63) is 65.4 Å². The van der Waals surface area contributed by atoms with Crippen molar-refractivity contribution in [1.29, 1.82) is 0 Å². The number of halogens is 1. The molecule has 0 unspecified atom stereocenters. The van der Waals surface area contributed by atoms with Gasteiger partial charge >= 0.3 is 0 Å². The largest absolute Gasteiger partial charge is 0.339 e. The fraction of sp³-hybridized carbons (Fsp3) is 0.105. The molecule has 2 aromatic heterocycles. The third-order valence-electron chi connectivity index (χ3n) is 4.04. The molecule has 0 fully saturated rings. The quantitative estimate of drug-likeness (QED) is 0.545. The van der Waals surface area contributed by atoms with Crippen molar-refractivity contribution in [3.8, 4) is 11.3 Å². The summed E-state index contributed by atoms with van der Waals surface area (Å²) in [5.74, 6) is 0.664. The maximum absolute atomic E-state index is 5.98. The summed E-state index contributed by atoms with van der Waals surface area (Å²) in [6, 6.07) is 15.6.